The molecule has 2 unspecified atom stereocenters. The Morgan fingerprint density at radius 2 is 1.89 bits per heavy atom. The Balaban J connectivity index is 2.36. The van der Waals surface area contributed by atoms with Crippen molar-refractivity contribution in [3.63, 3.8) is 0 Å². The Kier molecular flexibility index (Phi) is 6.28. The van der Waals surface area contributed by atoms with Crippen LogP contribution < -0.4 is 11.1 Å². The van der Waals surface area contributed by atoms with Gasteiger partial charge >= 0.3 is 0 Å². The molecule has 1 aliphatic heterocycles. The van der Waals surface area contributed by atoms with Crippen molar-refractivity contribution in [2.24, 2.45) is 11.7 Å². The lowest BCUT2D eigenvalue weighted by atomic mass is 9.99. The molecule has 0 aromatic carbocycles. The molecule has 3 N–H and O–H groups in total. The van der Waals surface area contributed by atoms with Crippen LogP contribution in [0.25, 0.3) is 0 Å². The maximum absolute atomic E-state index is 12.1. The molecule has 0 radical (unpaired) electrons. The zero-order chi connectivity index (χ0) is 14.4. The summed E-state index contributed by atoms with van der Waals surface area (Å²) in [7, 11) is 0. The molecule has 1 aliphatic rings. The van der Waals surface area contributed by atoms with E-state index in [1.165, 1.54) is 0 Å². The molecule has 0 aromatic rings. The minimum atomic E-state index is -0.133. The smallest absolute Gasteiger partial charge is 0.226 e. The van der Waals surface area contributed by atoms with Crippen molar-refractivity contribution in [3.05, 3.63) is 0 Å². The van der Waals surface area contributed by atoms with Gasteiger partial charge in [0.2, 0.25) is 11.8 Å². The monoisotopic (exact) mass is 269 g/mol. The molecule has 0 saturated carbocycles. The van der Waals surface area contributed by atoms with Crippen molar-refractivity contribution in [3.8, 4) is 0 Å². The maximum Gasteiger partial charge on any atom is 0.226 e. The fourth-order valence-electron chi connectivity index (χ4n) is 2.28. The van der Waals surface area contributed by atoms with E-state index in [1.54, 1.807) is 0 Å². The Bertz CT molecular complexity index is 310. The maximum atomic E-state index is 12.1. The van der Waals surface area contributed by atoms with Crippen LogP contribution in [-0.2, 0) is 9.59 Å². The van der Waals surface area contributed by atoms with Crippen LogP contribution in [-0.4, -0.2) is 41.9 Å². The van der Waals surface area contributed by atoms with E-state index < -0.39 is 0 Å². The molecular weight excluding hydrogens is 242 g/mol. The molecule has 5 heteroatoms. The van der Waals surface area contributed by atoms with E-state index in [-0.39, 0.29) is 29.8 Å². The minimum absolute atomic E-state index is 0.116. The van der Waals surface area contributed by atoms with Gasteiger partial charge in [0.25, 0.3) is 0 Å². The molecule has 0 spiro atoms. The molecular formula is C14H27N3O2. The zero-order valence-corrected chi connectivity index (χ0v) is 12.3. The first-order chi connectivity index (χ1) is 8.95. The number of rotatable bonds is 5. The predicted octanol–water partition coefficient (Wildman–Crippen LogP) is 0.877. The third-order valence-electron chi connectivity index (χ3n) is 3.83. The van der Waals surface area contributed by atoms with Crippen LogP contribution >= 0.6 is 0 Å². The number of piperidine rings is 1. The molecule has 0 bridgehead atoms. The number of carbonyl (C=O) groups excluding carboxylic acids is 2. The minimum Gasteiger partial charge on any atom is -0.353 e. The van der Waals surface area contributed by atoms with Gasteiger partial charge in [-0.25, -0.2) is 0 Å². The number of hydrogen-bond acceptors (Lipinski definition) is 3. The van der Waals surface area contributed by atoms with Crippen molar-refractivity contribution in [1.82, 2.24) is 10.2 Å². The van der Waals surface area contributed by atoms with E-state index in [2.05, 4.69) is 5.32 Å². The third kappa shape index (κ3) is 4.82. The lowest BCUT2D eigenvalue weighted by molar-refractivity contribution is -0.136. The van der Waals surface area contributed by atoms with Gasteiger partial charge in [0.15, 0.2) is 0 Å². The van der Waals surface area contributed by atoms with Crippen LogP contribution in [0, 0.1) is 5.92 Å². The van der Waals surface area contributed by atoms with Crippen molar-refractivity contribution in [2.75, 3.05) is 13.1 Å². The summed E-state index contributed by atoms with van der Waals surface area (Å²) in [5.74, 6) is 0.121. The van der Waals surface area contributed by atoms with Gasteiger partial charge in [-0.05, 0) is 26.2 Å². The Morgan fingerprint density at radius 3 is 2.37 bits per heavy atom. The molecule has 2 amide bonds. The second-order valence-electron chi connectivity index (χ2n) is 5.56. The molecule has 1 rings (SSSR count). The summed E-state index contributed by atoms with van der Waals surface area (Å²) < 4.78 is 0. The summed E-state index contributed by atoms with van der Waals surface area (Å²) in [5, 5.41) is 3.03. The van der Waals surface area contributed by atoms with Crippen LogP contribution in [0.3, 0.4) is 0 Å². The standard InChI is InChI=1S/C14H27N3O2/c1-4-5-13(18)16-12-6-8-17(9-7-12)14(19)10(2)11(3)15/h10-12H,4-9,15H2,1-3H3,(H,16,18). The summed E-state index contributed by atoms with van der Waals surface area (Å²) in [6.45, 7) is 7.17. The van der Waals surface area contributed by atoms with Crippen LogP contribution in [0.2, 0.25) is 0 Å². The Labute approximate surface area is 115 Å². The second kappa shape index (κ2) is 7.48. The van der Waals surface area contributed by atoms with Gasteiger partial charge in [0.1, 0.15) is 0 Å². The highest BCUT2D eigenvalue weighted by molar-refractivity contribution is 5.79. The first-order valence-electron chi connectivity index (χ1n) is 7.29. The van der Waals surface area contributed by atoms with Gasteiger partial charge in [-0.1, -0.05) is 13.8 Å². The van der Waals surface area contributed by atoms with E-state index in [9.17, 15) is 9.59 Å². The highest BCUT2D eigenvalue weighted by atomic mass is 16.2. The molecule has 0 aliphatic carbocycles. The van der Waals surface area contributed by atoms with Crippen LogP contribution in [0.1, 0.15) is 46.5 Å². The first kappa shape index (κ1) is 16.0. The normalized spacial score (nSPS) is 19.9. The topological polar surface area (TPSA) is 75.4 Å². The highest BCUT2D eigenvalue weighted by Gasteiger charge is 2.27. The summed E-state index contributed by atoms with van der Waals surface area (Å²) in [4.78, 5) is 25.5. The average molecular weight is 269 g/mol. The third-order valence-corrected chi connectivity index (χ3v) is 3.83. The molecule has 1 heterocycles. The van der Waals surface area contributed by atoms with E-state index in [1.807, 2.05) is 25.7 Å². The van der Waals surface area contributed by atoms with Gasteiger partial charge in [-0.2, -0.15) is 0 Å². The Morgan fingerprint density at radius 1 is 1.32 bits per heavy atom. The first-order valence-corrected chi connectivity index (χ1v) is 7.29. The van der Waals surface area contributed by atoms with E-state index in [0.717, 1.165) is 19.3 Å². The molecule has 0 aromatic heterocycles. The SMILES string of the molecule is CCCC(=O)NC1CCN(C(=O)C(C)C(C)N)CC1. The number of amides is 2. The number of nitrogens with zero attached hydrogens (tertiary/aromatic N) is 1. The number of nitrogens with two attached hydrogens (primary N) is 1. The van der Waals surface area contributed by atoms with E-state index in [4.69, 9.17) is 5.73 Å². The second-order valence-corrected chi connectivity index (χ2v) is 5.56. The van der Waals surface area contributed by atoms with Gasteiger partial charge < -0.3 is 16.0 Å². The largest absolute Gasteiger partial charge is 0.353 e. The average Bonchev–Trinajstić information content (AvgIpc) is 2.38. The summed E-state index contributed by atoms with van der Waals surface area (Å²) in [6, 6.07) is 0.100. The lowest BCUT2D eigenvalue weighted by Crippen LogP contribution is -2.49. The quantitative estimate of drug-likeness (QED) is 0.778. The van der Waals surface area contributed by atoms with Crippen LogP contribution in [0.4, 0.5) is 0 Å². The molecule has 5 nitrogen and oxygen atoms in total. The molecule has 19 heavy (non-hydrogen) atoms. The highest BCUT2D eigenvalue weighted by Crippen LogP contribution is 2.14. The fourth-order valence-corrected chi connectivity index (χ4v) is 2.28. The number of hydrogen-bond donors (Lipinski definition) is 2. The van der Waals surface area contributed by atoms with Gasteiger partial charge in [-0.15, -0.1) is 0 Å². The Hall–Kier alpha value is -1.10. The van der Waals surface area contributed by atoms with Crippen molar-refractivity contribution >= 4 is 11.8 Å². The molecule has 110 valence electrons. The molecule has 1 saturated heterocycles. The van der Waals surface area contributed by atoms with Crippen molar-refractivity contribution in [1.29, 1.82) is 0 Å². The lowest BCUT2D eigenvalue weighted by Gasteiger charge is -2.34. The molecule has 2 atom stereocenters. The summed E-state index contributed by atoms with van der Waals surface area (Å²) in [6.07, 6.45) is 3.13. The summed E-state index contributed by atoms with van der Waals surface area (Å²) in [5.41, 5.74) is 5.77. The zero-order valence-electron chi connectivity index (χ0n) is 12.3. The van der Waals surface area contributed by atoms with Gasteiger partial charge in [-0.3, -0.25) is 9.59 Å². The predicted molar refractivity (Wildman–Crippen MR) is 75.5 cm³/mol. The number of likely N-dealkylation sites (tertiary alicyclic amines) is 1. The van der Waals surface area contributed by atoms with Crippen LogP contribution in [0.15, 0.2) is 0 Å². The number of nitrogens with one attached hydrogen (secondary N) is 1. The van der Waals surface area contributed by atoms with Gasteiger partial charge in [0.05, 0.1) is 5.92 Å². The van der Waals surface area contributed by atoms with Crippen molar-refractivity contribution < 1.29 is 9.59 Å². The van der Waals surface area contributed by atoms with E-state index in [0.29, 0.717) is 19.5 Å². The van der Waals surface area contributed by atoms with Crippen molar-refractivity contribution in [2.45, 2.75) is 58.5 Å². The van der Waals surface area contributed by atoms with Gasteiger partial charge in [0, 0.05) is 31.6 Å². The number of carbonyl (C=O) groups is 2. The van der Waals surface area contributed by atoms with Crippen LogP contribution in [0.5, 0.6) is 0 Å². The summed E-state index contributed by atoms with van der Waals surface area (Å²) >= 11 is 0. The van der Waals surface area contributed by atoms with E-state index >= 15 is 0 Å². The molecule has 1 fully saturated rings. The fraction of sp³-hybridized carbons (Fsp3) is 0.857.